The zero-order chi connectivity index (χ0) is 15.8. The highest BCUT2D eigenvalue weighted by atomic mass is 19.2. The molecule has 0 aliphatic heterocycles. The number of nitrogens with one attached hydrogen (secondary N) is 1. The number of aliphatic hydroxyl groups is 1. The summed E-state index contributed by atoms with van der Waals surface area (Å²) in [6.07, 6.45) is 1.55. The molecule has 21 heavy (non-hydrogen) atoms. The van der Waals surface area contributed by atoms with Crippen LogP contribution in [0.5, 0.6) is 0 Å². The first-order valence-corrected chi connectivity index (χ1v) is 7.29. The fourth-order valence-electron chi connectivity index (χ4n) is 1.93. The van der Waals surface area contributed by atoms with Crippen LogP contribution in [-0.4, -0.2) is 23.7 Å². The van der Waals surface area contributed by atoms with Gasteiger partial charge in [0, 0.05) is 13.0 Å². The average Bonchev–Trinajstić information content (AvgIpc) is 2.42. The second kappa shape index (κ2) is 8.72. The van der Waals surface area contributed by atoms with Crippen LogP contribution >= 0.6 is 0 Å². The second-order valence-electron chi connectivity index (χ2n) is 5.55. The smallest absolute Gasteiger partial charge is 0.220 e. The molecule has 1 amide bonds. The predicted molar refractivity (Wildman–Crippen MR) is 77.8 cm³/mol. The predicted octanol–water partition coefficient (Wildman–Crippen LogP) is 2.81. The first-order chi connectivity index (χ1) is 9.90. The van der Waals surface area contributed by atoms with Crippen LogP contribution in [0.3, 0.4) is 0 Å². The van der Waals surface area contributed by atoms with E-state index in [9.17, 15) is 18.7 Å². The molecule has 2 N–H and O–H groups in total. The van der Waals surface area contributed by atoms with Crippen molar-refractivity contribution in [3.05, 3.63) is 35.4 Å². The van der Waals surface area contributed by atoms with Gasteiger partial charge in [-0.2, -0.15) is 0 Å². The molecule has 118 valence electrons. The topological polar surface area (TPSA) is 49.3 Å². The lowest BCUT2D eigenvalue weighted by atomic mass is 10.0. The highest BCUT2D eigenvalue weighted by molar-refractivity contribution is 5.75. The Kier molecular flexibility index (Phi) is 7.29. The lowest BCUT2D eigenvalue weighted by molar-refractivity contribution is -0.121. The Morgan fingerprint density at radius 3 is 2.62 bits per heavy atom. The van der Waals surface area contributed by atoms with Crippen LogP contribution in [0.15, 0.2) is 18.2 Å². The van der Waals surface area contributed by atoms with Crippen LogP contribution < -0.4 is 5.32 Å². The van der Waals surface area contributed by atoms with Gasteiger partial charge in [-0.05, 0) is 42.9 Å². The number of hydrogen-bond acceptors (Lipinski definition) is 2. The molecule has 0 aromatic heterocycles. The zero-order valence-corrected chi connectivity index (χ0v) is 12.5. The summed E-state index contributed by atoms with van der Waals surface area (Å²) >= 11 is 0. The maximum absolute atomic E-state index is 13.0. The summed E-state index contributed by atoms with van der Waals surface area (Å²) in [5, 5.41) is 12.3. The second-order valence-corrected chi connectivity index (χ2v) is 5.55. The monoisotopic (exact) mass is 299 g/mol. The van der Waals surface area contributed by atoms with E-state index in [4.69, 9.17) is 0 Å². The van der Waals surface area contributed by atoms with Crippen LogP contribution in [0.1, 0.15) is 38.7 Å². The number of carbonyl (C=O) groups is 1. The molecule has 0 bridgehead atoms. The van der Waals surface area contributed by atoms with E-state index in [-0.39, 0.29) is 11.8 Å². The number of carbonyl (C=O) groups excluding carboxylic acids is 1. The SMILES string of the molecule is CC(C)C(O)CCNC(=O)CCCc1ccc(F)c(F)c1. The highest BCUT2D eigenvalue weighted by Crippen LogP contribution is 2.11. The fraction of sp³-hybridized carbons (Fsp3) is 0.562. The van der Waals surface area contributed by atoms with Crippen molar-refractivity contribution < 1.29 is 18.7 Å². The Balaban J connectivity index is 2.20. The summed E-state index contributed by atoms with van der Waals surface area (Å²) in [4.78, 5) is 11.6. The van der Waals surface area contributed by atoms with Crippen LogP contribution in [0.25, 0.3) is 0 Å². The number of rotatable bonds is 8. The quantitative estimate of drug-likeness (QED) is 0.775. The van der Waals surface area contributed by atoms with E-state index in [1.165, 1.54) is 6.07 Å². The molecule has 1 unspecified atom stereocenters. The summed E-state index contributed by atoms with van der Waals surface area (Å²) in [5.74, 6) is -1.64. The molecule has 0 aliphatic carbocycles. The van der Waals surface area contributed by atoms with E-state index in [2.05, 4.69) is 5.32 Å². The van der Waals surface area contributed by atoms with Crippen LogP contribution in [0, 0.1) is 17.6 Å². The van der Waals surface area contributed by atoms with Gasteiger partial charge in [-0.25, -0.2) is 8.78 Å². The van der Waals surface area contributed by atoms with Crippen molar-refractivity contribution in [2.24, 2.45) is 5.92 Å². The van der Waals surface area contributed by atoms with Gasteiger partial charge in [-0.15, -0.1) is 0 Å². The van der Waals surface area contributed by atoms with Gasteiger partial charge < -0.3 is 10.4 Å². The molecule has 0 saturated carbocycles. The van der Waals surface area contributed by atoms with Crippen LogP contribution in [0.2, 0.25) is 0 Å². The van der Waals surface area contributed by atoms with E-state index in [1.807, 2.05) is 13.8 Å². The normalized spacial score (nSPS) is 12.5. The molecule has 0 heterocycles. The van der Waals surface area contributed by atoms with Gasteiger partial charge in [0.25, 0.3) is 0 Å². The van der Waals surface area contributed by atoms with Gasteiger partial charge in [0.05, 0.1) is 6.10 Å². The third-order valence-electron chi connectivity index (χ3n) is 3.39. The number of hydrogen-bond donors (Lipinski definition) is 2. The molecule has 0 fully saturated rings. The Morgan fingerprint density at radius 2 is 2.00 bits per heavy atom. The maximum atomic E-state index is 13.0. The maximum Gasteiger partial charge on any atom is 0.220 e. The van der Waals surface area contributed by atoms with Crippen molar-refractivity contribution in [2.45, 2.75) is 45.6 Å². The molecule has 1 atom stereocenters. The van der Waals surface area contributed by atoms with Crippen LogP contribution in [-0.2, 0) is 11.2 Å². The Labute approximate surface area is 124 Å². The van der Waals surface area contributed by atoms with Crippen molar-refractivity contribution in [3.8, 4) is 0 Å². The molecule has 1 rings (SSSR count). The summed E-state index contributed by atoms with van der Waals surface area (Å²) < 4.78 is 25.7. The molecule has 0 aliphatic rings. The number of amides is 1. The minimum Gasteiger partial charge on any atom is -0.393 e. The van der Waals surface area contributed by atoms with Gasteiger partial charge >= 0.3 is 0 Å². The molecule has 0 radical (unpaired) electrons. The Morgan fingerprint density at radius 1 is 1.29 bits per heavy atom. The molecule has 1 aromatic rings. The van der Waals surface area contributed by atoms with Crippen LogP contribution in [0.4, 0.5) is 8.78 Å². The van der Waals surface area contributed by atoms with Gasteiger partial charge in [-0.3, -0.25) is 4.79 Å². The van der Waals surface area contributed by atoms with Crippen molar-refractivity contribution >= 4 is 5.91 Å². The molecule has 5 heteroatoms. The molecule has 0 saturated heterocycles. The summed E-state index contributed by atoms with van der Waals surface area (Å²) in [5.41, 5.74) is 0.678. The molecule has 1 aromatic carbocycles. The van der Waals surface area contributed by atoms with Crippen molar-refractivity contribution in [2.75, 3.05) is 6.54 Å². The van der Waals surface area contributed by atoms with Crippen molar-refractivity contribution in [1.82, 2.24) is 5.32 Å². The van der Waals surface area contributed by atoms with Crippen molar-refractivity contribution in [1.29, 1.82) is 0 Å². The van der Waals surface area contributed by atoms with E-state index in [1.54, 1.807) is 0 Å². The van der Waals surface area contributed by atoms with Gasteiger partial charge in [0.15, 0.2) is 11.6 Å². The van der Waals surface area contributed by atoms with Crippen molar-refractivity contribution in [3.63, 3.8) is 0 Å². The largest absolute Gasteiger partial charge is 0.393 e. The van der Waals surface area contributed by atoms with E-state index < -0.39 is 17.7 Å². The zero-order valence-electron chi connectivity index (χ0n) is 12.5. The number of aliphatic hydroxyl groups excluding tert-OH is 1. The third kappa shape index (κ3) is 6.67. The minimum absolute atomic E-state index is 0.0893. The third-order valence-corrected chi connectivity index (χ3v) is 3.39. The lowest BCUT2D eigenvalue weighted by Crippen LogP contribution is -2.28. The molecule has 3 nitrogen and oxygen atoms in total. The Hall–Kier alpha value is -1.49. The molecule has 0 spiro atoms. The number of benzene rings is 1. The minimum atomic E-state index is -0.861. The number of halogens is 2. The lowest BCUT2D eigenvalue weighted by Gasteiger charge is -2.14. The summed E-state index contributed by atoms with van der Waals surface area (Å²) in [6.45, 7) is 4.30. The highest BCUT2D eigenvalue weighted by Gasteiger charge is 2.09. The summed E-state index contributed by atoms with van der Waals surface area (Å²) in [6, 6.07) is 3.78. The molecular weight excluding hydrogens is 276 g/mol. The van der Waals surface area contributed by atoms with Gasteiger partial charge in [0.1, 0.15) is 0 Å². The van der Waals surface area contributed by atoms with E-state index >= 15 is 0 Å². The van der Waals surface area contributed by atoms with Gasteiger partial charge in [-0.1, -0.05) is 19.9 Å². The standard InChI is InChI=1S/C16H23F2NO2/c1-11(2)15(20)8-9-19-16(21)5-3-4-12-6-7-13(17)14(18)10-12/h6-7,10-11,15,20H,3-5,8-9H2,1-2H3,(H,19,21). The number of aryl methyl sites for hydroxylation is 1. The average molecular weight is 299 g/mol. The van der Waals surface area contributed by atoms with Gasteiger partial charge in [0.2, 0.25) is 5.91 Å². The first-order valence-electron chi connectivity index (χ1n) is 7.29. The van der Waals surface area contributed by atoms with E-state index in [0.29, 0.717) is 37.8 Å². The molecular formula is C16H23F2NO2. The van der Waals surface area contributed by atoms with E-state index in [0.717, 1.165) is 12.1 Å². The fourth-order valence-corrected chi connectivity index (χ4v) is 1.93. The summed E-state index contributed by atoms with van der Waals surface area (Å²) in [7, 11) is 0. The first kappa shape index (κ1) is 17.6. The Bertz CT molecular complexity index is 464.